The molecule has 0 aliphatic carbocycles. The van der Waals surface area contributed by atoms with E-state index in [0.717, 1.165) is 18.4 Å². The van der Waals surface area contributed by atoms with Gasteiger partial charge in [0.15, 0.2) is 14.9 Å². The van der Waals surface area contributed by atoms with Gasteiger partial charge in [0, 0.05) is 18.0 Å². The van der Waals surface area contributed by atoms with E-state index in [1.54, 1.807) is 6.07 Å². The van der Waals surface area contributed by atoms with E-state index in [0.29, 0.717) is 11.1 Å². The summed E-state index contributed by atoms with van der Waals surface area (Å²) in [6.45, 7) is 0. The van der Waals surface area contributed by atoms with Gasteiger partial charge in [-0.3, -0.25) is 5.10 Å². The number of rotatable bonds is 2. The van der Waals surface area contributed by atoms with Crippen molar-refractivity contribution < 1.29 is 21.6 Å². The normalized spacial score (nSPS) is 12.7. The summed E-state index contributed by atoms with van der Waals surface area (Å²) in [5.41, 5.74) is 0.252. The van der Waals surface area contributed by atoms with E-state index in [9.17, 15) is 21.6 Å². The third-order valence-corrected chi connectivity index (χ3v) is 4.29. The Hall–Kier alpha value is -2.42. The Morgan fingerprint density at radius 2 is 1.74 bits per heavy atom. The molecule has 3 rings (SSSR count). The summed E-state index contributed by atoms with van der Waals surface area (Å²) in [4.78, 5) is 3.87. The summed E-state index contributed by atoms with van der Waals surface area (Å²) in [5, 5.41) is 6.78. The lowest BCUT2D eigenvalue weighted by Gasteiger charge is -2.07. The summed E-state index contributed by atoms with van der Waals surface area (Å²) in [6.07, 6.45) is -2.10. The first kappa shape index (κ1) is 15.5. The molecule has 1 N–H and O–H groups in total. The number of aromatic nitrogens is 3. The summed E-state index contributed by atoms with van der Waals surface area (Å²) < 4.78 is 61.6. The molecule has 0 saturated heterocycles. The highest BCUT2D eigenvalue weighted by Gasteiger charge is 2.30. The first-order valence-corrected chi connectivity index (χ1v) is 8.28. The molecule has 2 aromatic heterocycles. The van der Waals surface area contributed by atoms with Gasteiger partial charge in [-0.2, -0.15) is 18.3 Å². The molecule has 9 heteroatoms. The number of alkyl halides is 3. The SMILES string of the molecule is CS(=O)(=O)c1nccc2[nH]nc(-c3ccc(C(F)(F)F)cc3)c12. The minimum Gasteiger partial charge on any atom is -0.277 e. The molecule has 23 heavy (non-hydrogen) atoms. The highest BCUT2D eigenvalue weighted by Crippen LogP contribution is 2.33. The lowest BCUT2D eigenvalue weighted by molar-refractivity contribution is -0.137. The van der Waals surface area contributed by atoms with Crippen LogP contribution < -0.4 is 0 Å². The van der Waals surface area contributed by atoms with Crippen molar-refractivity contribution in [2.45, 2.75) is 11.2 Å². The second-order valence-corrected chi connectivity index (χ2v) is 6.89. The van der Waals surface area contributed by atoms with Crippen molar-refractivity contribution >= 4 is 20.7 Å². The van der Waals surface area contributed by atoms with Crippen molar-refractivity contribution in [3.05, 3.63) is 42.1 Å². The molecule has 0 aliphatic rings. The number of fused-ring (bicyclic) bond motifs is 1. The number of nitrogens with zero attached hydrogens (tertiary/aromatic N) is 2. The standard InChI is InChI=1S/C14H10F3N3O2S/c1-23(21,22)13-11-10(6-7-18-13)19-20-12(11)8-2-4-9(5-3-8)14(15,16)17/h2-7H,1H3,(H,19,20). The summed E-state index contributed by atoms with van der Waals surface area (Å²) in [6, 6.07) is 5.89. The van der Waals surface area contributed by atoms with Crippen LogP contribution in [0.4, 0.5) is 13.2 Å². The molecule has 0 spiro atoms. The van der Waals surface area contributed by atoms with Gasteiger partial charge in [0.05, 0.1) is 16.5 Å². The number of benzene rings is 1. The fourth-order valence-electron chi connectivity index (χ4n) is 2.24. The van der Waals surface area contributed by atoms with Gasteiger partial charge in [-0.25, -0.2) is 13.4 Å². The molecule has 3 aromatic rings. The molecule has 0 saturated carbocycles. The fraction of sp³-hybridized carbons (Fsp3) is 0.143. The van der Waals surface area contributed by atoms with Crippen LogP contribution in [0.2, 0.25) is 0 Å². The number of hydrogen-bond donors (Lipinski definition) is 1. The predicted octanol–water partition coefficient (Wildman–Crippen LogP) is 3.05. The van der Waals surface area contributed by atoms with Crippen LogP contribution in [0.3, 0.4) is 0 Å². The smallest absolute Gasteiger partial charge is 0.277 e. The summed E-state index contributed by atoms with van der Waals surface area (Å²) in [7, 11) is -3.61. The average molecular weight is 341 g/mol. The van der Waals surface area contributed by atoms with Crippen LogP contribution in [-0.4, -0.2) is 29.9 Å². The van der Waals surface area contributed by atoms with E-state index in [1.165, 1.54) is 18.3 Å². The number of nitrogens with one attached hydrogen (secondary N) is 1. The zero-order chi connectivity index (χ0) is 16.8. The second kappa shape index (κ2) is 5.05. The summed E-state index contributed by atoms with van der Waals surface area (Å²) >= 11 is 0. The maximum absolute atomic E-state index is 12.6. The predicted molar refractivity (Wildman–Crippen MR) is 77.4 cm³/mol. The van der Waals surface area contributed by atoms with E-state index in [2.05, 4.69) is 15.2 Å². The maximum atomic E-state index is 12.6. The van der Waals surface area contributed by atoms with Crippen molar-refractivity contribution in [1.82, 2.24) is 15.2 Å². The molecule has 1 aromatic carbocycles. The Bertz CT molecular complexity index is 977. The molecule has 5 nitrogen and oxygen atoms in total. The lowest BCUT2D eigenvalue weighted by atomic mass is 10.1. The van der Waals surface area contributed by atoms with Crippen LogP contribution in [0.15, 0.2) is 41.6 Å². The molecule has 0 radical (unpaired) electrons. The Labute approximate surface area is 129 Å². The molecule has 0 fully saturated rings. The molecular weight excluding hydrogens is 331 g/mol. The number of sulfone groups is 1. The fourth-order valence-corrected chi connectivity index (χ4v) is 3.07. The number of H-pyrrole nitrogens is 1. The Balaban J connectivity index is 2.22. The minimum atomic E-state index is -4.44. The van der Waals surface area contributed by atoms with E-state index >= 15 is 0 Å². The van der Waals surface area contributed by atoms with Gasteiger partial charge in [0.25, 0.3) is 0 Å². The van der Waals surface area contributed by atoms with Crippen molar-refractivity contribution in [3.8, 4) is 11.3 Å². The largest absolute Gasteiger partial charge is 0.416 e. The summed E-state index contributed by atoms with van der Waals surface area (Å²) in [5.74, 6) is 0. The van der Waals surface area contributed by atoms with Crippen LogP contribution in [-0.2, 0) is 16.0 Å². The first-order chi connectivity index (χ1) is 10.7. The third kappa shape index (κ3) is 2.79. The van der Waals surface area contributed by atoms with Gasteiger partial charge in [0.2, 0.25) is 0 Å². The van der Waals surface area contributed by atoms with Crippen LogP contribution in [0.5, 0.6) is 0 Å². The average Bonchev–Trinajstić information content (AvgIpc) is 2.89. The number of aromatic amines is 1. The van der Waals surface area contributed by atoms with E-state index < -0.39 is 21.6 Å². The van der Waals surface area contributed by atoms with Crippen molar-refractivity contribution in [2.75, 3.05) is 6.26 Å². The highest BCUT2D eigenvalue weighted by molar-refractivity contribution is 7.90. The van der Waals surface area contributed by atoms with Crippen LogP contribution >= 0.6 is 0 Å². The first-order valence-electron chi connectivity index (χ1n) is 6.39. The zero-order valence-electron chi connectivity index (χ0n) is 11.7. The maximum Gasteiger partial charge on any atom is 0.416 e. The van der Waals surface area contributed by atoms with Gasteiger partial charge in [-0.15, -0.1) is 0 Å². The minimum absolute atomic E-state index is 0.168. The van der Waals surface area contributed by atoms with Crippen LogP contribution in [0, 0.1) is 0 Å². The van der Waals surface area contributed by atoms with E-state index in [1.807, 2.05) is 0 Å². The Morgan fingerprint density at radius 1 is 1.09 bits per heavy atom. The zero-order valence-corrected chi connectivity index (χ0v) is 12.5. The molecular formula is C14H10F3N3O2S. The molecule has 0 bridgehead atoms. The number of hydrogen-bond acceptors (Lipinski definition) is 4. The molecule has 120 valence electrons. The van der Waals surface area contributed by atoms with Crippen molar-refractivity contribution in [2.24, 2.45) is 0 Å². The van der Waals surface area contributed by atoms with Gasteiger partial charge in [-0.05, 0) is 18.2 Å². The van der Waals surface area contributed by atoms with E-state index in [4.69, 9.17) is 0 Å². The Kier molecular flexibility index (Phi) is 3.40. The lowest BCUT2D eigenvalue weighted by Crippen LogP contribution is -2.04. The molecule has 0 atom stereocenters. The molecule has 2 heterocycles. The topological polar surface area (TPSA) is 75.7 Å². The second-order valence-electron chi connectivity index (χ2n) is 4.96. The van der Waals surface area contributed by atoms with Gasteiger partial charge < -0.3 is 0 Å². The van der Waals surface area contributed by atoms with Gasteiger partial charge >= 0.3 is 6.18 Å². The quantitative estimate of drug-likeness (QED) is 0.777. The highest BCUT2D eigenvalue weighted by atomic mass is 32.2. The molecule has 0 amide bonds. The number of pyridine rings is 1. The van der Waals surface area contributed by atoms with Crippen LogP contribution in [0.25, 0.3) is 22.2 Å². The monoisotopic (exact) mass is 341 g/mol. The number of halogens is 3. The Morgan fingerprint density at radius 3 is 2.30 bits per heavy atom. The third-order valence-electron chi connectivity index (χ3n) is 3.28. The van der Waals surface area contributed by atoms with Crippen molar-refractivity contribution in [1.29, 1.82) is 0 Å². The van der Waals surface area contributed by atoms with Gasteiger partial charge in [0.1, 0.15) is 5.69 Å². The van der Waals surface area contributed by atoms with Crippen molar-refractivity contribution in [3.63, 3.8) is 0 Å². The molecule has 0 aliphatic heterocycles. The van der Waals surface area contributed by atoms with E-state index in [-0.39, 0.29) is 16.1 Å². The van der Waals surface area contributed by atoms with Crippen LogP contribution in [0.1, 0.15) is 5.56 Å². The molecule has 0 unspecified atom stereocenters. The van der Waals surface area contributed by atoms with Gasteiger partial charge in [-0.1, -0.05) is 12.1 Å².